The molecule has 2 aliphatic rings. The van der Waals surface area contributed by atoms with Gasteiger partial charge in [0.2, 0.25) is 18.5 Å². The highest BCUT2D eigenvalue weighted by atomic mass is 16.7. The number of aliphatic hydroxyl groups excluding tert-OH is 1. The molecule has 1 saturated heterocycles. The van der Waals surface area contributed by atoms with E-state index in [1.807, 2.05) is 24.3 Å². The van der Waals surface area contributed by atoms with Crippen molar-refractivity contribution < 1.29 is 19.1 Å². The first kappa shape index (κ1) is 18.1. The molecule has 5 rings (SSSR count). The normalized spacial score (nSPS) is 21.0. The maximum atomic E-state index is 10.2. The van der Waals surface area contributed by atoms with Gasteiger partial charge >= 0.3 is 0 Å². The molecule has 0 radical (unpaired) electrons. The van der Waals surface area contributed by atoms with Gasteiger partial charge in [0, 0.05) is 12.1 Å². The summed E-state index contributed by atoms with van der Waals surface area (Å²) in [7, 11) is 0. The Morgan fingerprint density at radius 1 is 1.07 bits per heavy atom. The molecule has 1 N–H and O–H groups in total. The minimum Gasteiger partial charge on any atom is -0.454 e. The first-order valence-corrected chi connectivity index (χ1v) is 9.96. The van der Waals surface area contributed by atoms with Crippen molar-refractivity contribution in [2.75, 3.05) is 19.9 Å². The Morgan fingerprint density at radius 2 is 1.93 bits per heavy atom. The molecular formula is C22H23N3O4. The van der Waals surface area contributed by atoms with Crippen LogP contribution in [-0.2, 0) is 6.42 Å². The van der Waals surface area contributed by atoms with Gasteiger partial charge in [-0.3, -0.25) is 4.90 Å². The maximum absolute atomic E-state index is 10.2. The summed E-state index contributed by atoms with van der Waals surface area (Å²) in [5.41, 5.74) is 2.14. The average molecular weight is 393 g/mol. The summed E-state index contributed by atoms with van der Waals surface area (Å²) < 4.78 is 16.4. The van der Waals surface area contributed by atoms with E-state index in [0.29, 0.717) is 30.4 Å². The zero-order valence-electron chi connectivity index (χ0n) is 16.0. The van der Waals surface area contributed by atoms with Crippen LogP contribution in [0.5, 0.6) is 11.5 Å². The molecule has 1 aromatic heterocycles. The van der Waals surface area contributed by atoms with Crippen molar-refractivity contribution in [3.05, 3.63) is 60.0 Å². The minimum absolute atomic E-state index is 0.0592. The molecule has 0 aliphatic carbocycles. The molecule has 2 aliphatic heterocycles. The summed E-state index contributed by atoms with van der Waals surface area (Å²) in [6.07, 6.45) is 2.24. The number of likely N-dealkylation sites (tertiary alicyclic amines) is 1. The van der Waals surface area contributed by atoms with E-state index in [2.05, 4.69) is 39.3 Å². The van der Waals surface area contributed by atoms with Crippen LogP contribution in [0.4, 0.5) is 0 Å². The molecule has 7 nitrogen and oxygen atoms in total. The van der Waals surface area contributed by atoms with Crippen LogP contribution in [0.2, 0.25) is 0 Å². The van der Waals surface area contributed by atoms with E-state index in [1.165, 1.54) is 5.56 Å². The first-order valence-electron chi connectivity index (χ1n) is 9.96. The quantitative estimate of drug-likeness (QED) is 0.689. The molecule has 0 saturated carbocycles. The van der Waals surface area contributed by atoms with Gasteiger partial charge in [0.25, 0.3) is 0 Å². The van der Waals surface area contributed by atoms with Gasteiger partial charge in [0.1, 0.15) is 0 Å². The molecule has 29 heavy (non-hydrogen) atoms. The lowest BCUT2D eigenvalue weighted by molar-refractivity contribution is 0.172. The summed E-state index contributed by atoms with van der Waals surface area (Å²) >= 11 is 0. The zero-order valence-corrected chi connectivity index (χ0v) is 16.0. The number of nitrogens with zero attached hydrogens (tertiary/aromatic N) is 3. The van der Waals surface area contributed by atoms with E-state index in [-0.39, 0.29) is 18.9 Å². The number of hydrogen-bond donors (Lipinski definition) is 1. The van der Waals surface area contributed by atoms with Crippen LogP contribution in [-0.4, -0.2) is 46.1 Å². The van der Waals surface area contributed by atoms with Crippen molar-refractivity contribution >= 4 is 0 Å². The number of hydrogen-bond acceptors (Lipinski definition) is 7. The molecule has 3 heterocycles. The summed E-state index contributed by atoms with van der Waals surface area (Å²) in [6, 6.07) is 16.0. The van der Waals surface area contributed by atoms with Crippen LogP contribution in [0.15, 0.2) is 53.1 Å². The van der Waals surface area contributed by atoms with Crippen LogP contribution in [0.1, 0.15) is 30.3 Å². The summed E-state index contributed by atoms with van der Waals surface area (Å²) in [5.74, 6) is 2.48. The standard InChI is InChI=1S/C22H23N3O4/c26-17-12-18(25(13-17)10-4-7-15-5-2-1-3-6-15)22-23-21(24-29-22)16-8-9-19-20(11-16)28-14-27-19/h1-3,5-6,8-9,11,17-18,26H,4,7,10,12-14H2/t17-,18+/m1/s1. The van der Waals surface area contributed by atoms with Gasteiger partial charge < -0.3 is 19.1 Å². The molecule has 0 amide bonds. The Morgan fingerprint density at radius 3 is 2.83 bits per heavy atom. The van der Waals surface area contributed by atoms with Crippen molar-refractivity contribution in [2.24, 2.45) is 0 Å². The van der Waals surface area contributed by atoms with Crippen molar-refractivity contribution in [1.82, 2.24) is 15.0 Å². The Bertz CT molecular complexity index is 975. The highest BCUT2D eigenvalue weighted by molar-refractivity contribution is 5.61. The lowest BCUT2D eigenvalue weighted by Crippen LogP contribution is -2.26. The van der Waals surface area contributed by atoms with Gasteiger partial charge in [-0.05, 0) is 49.6 Å². The Hall–Kier alpha value is -2.90. The second kappa shape index (κ2) is 7.85. The third kappa shape index (κ3) is 3.83. The molecule has 0 spiro atoms. The second-order valence-corrected chi connectivity index (χ2v) is 7.51. The molecular weight excluding hydrogens is 370 g/mol. The third-order valence-corrected chi connectivity index (χ3v) is 5.49. The lowest BCUT2D eigenvalue weighted by atomic mass is 10.1. The highest BCUT2D eigenvalue weighted by Crippen LogP contribution is 2.36. The smallest absolute Gasteiger partial charge is 0.244 e. The van der Waals surface area contributed by atoms with Crippen LogP contribution in [0, 0.1) is 0 Å². The summed E-state index contributed by atoms with van der Waals surface area (Å²) in [5, 5.41) is 14.4. The van der Waals surface area contributed by atoms with Crippen molar-refractivity contribution in [3.8, 4) is 22.9 Å². The van der Waals surface area contributed by atoms with E-state index in [9.17, 15) is 5.11 Å². The summed E-state index contributed by atoms with van der Waals surface area (Å²) in [6.45, 7) is 1.73. The molecule has 7 heteroatoms. The topological polar surface area (TPSA) is 80.9 Å². The van der Waals surface area contributed by atoms with E-state index in [0.717, 1.165) is 30.7 Å². The number of rotatable bonds is 6. The fraction of sp³-hybridized carbons (Fsp3) is 0.364. The largest absolute Gasteiger partial charge is 0.454 e. The Labute approximate surface area is 168 Å². The summed E-state index contributed by atoms with van der Waals surface area (Å²) in [4.78, 5) is 6.85. The van der Waals surface area contributed by atoms with Crippen molar-refractivity contribution in [1.29, 1.82) is 0 Å². The first-order chi connectivity index (χ1) is 14.3. The number of fused-ring (bicyclic) bond motifs is 1. The highest BCUT2D eigenvalue weighted by Gasteiger charge is 2.35. The van der Waals surface area contributed by atoms with E-state index >= 15 is 0 Å². The van der Waals surface area contributed by atoms with Crippen molar-refractivity contribution in [2.45, 2.75) is 31.4 Å². The SMILES string of the molecule is O[C@@H]1C[C@@H](c2nc(-c3ccc4c(c3)OCO4)no2)N(CCCc2ccccc2)C1. The van der Waals surface area contributed by atoms with E-state index in [4.69, 9.17) is 14.0 Å². The Kier molecular flexibility index (Phi) is 4.91. The van der Waals surface area contributed by atoms with Gasteiger partial charge in [-0.2, -0.15) is 4.98 Å². The van der Waals surface area contributed by atoms with Crippen LogP contribution in [0.25, 0.3) is 11.4 Å². The number of benzene rings is 2. The van der Waals surface area contributed by atoms with Gasteiger partial charge in [-0.1, -0.05) is 35.5 Å². The average Bonchev–Trinajstić information content (AvgIpc) is 3.47. The van der Waals surface area contributed by atoms with Crippen molar-refractivity contribution in [3.63, 3.8) is 0 Å². The lowest BCUT2D eigenvalue weighted by Gasteiger charge is -2.20. The van der Waals surface area contributed by atoms with E-state index in [1.54, 1.807) is 0 Å². The Balaban J connectivity index is 1.28. The molecule has 1 fully saturated rings. The number of ether oxygens (including phenoxy) is 2. The van der Waals surface area contributed by atoms with Crippen LogP contribution >= 0.6 is 0 Å². The van der Waals surface area contributed by atoms with Gasteiger partial charge in [-0.15, -0.1) is 0 Å². The minimum atomic E-state index is -0.377. The third-order valence-electron chi connectivity index (χ3n) is 5.49. The predicted octanol–water partition coefficient (Wildman–Crippen LogP) is 3.21. The molecule has 2 atom stereocenters. The predicted molar refractivity (Wildman–Crippen MR) is 106 cm³/mol. The zero-order chi connectivity index (χ0) is 19.6. The molecule has 0 bridgehead atoms. The number of aryl methyl sites for hydroxylation is 1. The maximum Gasteiger partial charge on any atom is 0.244 e. The molecule has 0 unspecified atom stereocenters. The van der Waals surface area contributed by atoms with Gasteiger partial charge in [0.05, 0.1) is 12.1 Å². The molecule has 2 aromatic carbocycles. The van der Waals surface area contributed by atoms with E-state index < -0.39 is 0 Å². The number of aliphatic hydroxyl groups is 1. The van der Waals surface area contributed by atoms with Gasteiger partial charge in [-0.25, -0.2) is 0 Å². The fourth-order valence-corrected chi connectivity index (χ4v) is 4.04. The molecule has 150 valence electrons. The monoisotopic (exact) mass is 393 g/mol. The second-order valence-electron chi connectivity index (χ2n) is 7.51. The number of β-amino-alcohol motifs (C(OH)–C–C–N with tert-alkyl or cyclic N) is 1. The molecule has 3 aromatic rings. The number of aromatic nitrogens is 2. The van der Waals surface area contributed by atoms with Gasteiger partial charge in [0.15, 0.2) is 11.5 Å². The van der Waals surface area contributed by atoms with Crippen LogP contribution < -0.4 is 9.47 Å². The fourth-order valence-electron chi connectivity index (χ4n) is 4.04. The van der Waals surface area contributed by atoms with Crippen LogP contribution in [0.3, 0.4) is 0 Å².